The van der Waals surface area contributed by atoms with E-state index in [0.717, 1.165) is 24.0 Å². The SMILES string of the molecule is Cc1cc(S(=O)(=O)N(C)CC2CCCCC2)ccc1CN. The van der Waals surface area contributed by atoms with Crippen LogP contribution in [-0.4, -0.2) is 26.3 Å². The van der Waals surface area contributed by atoms with Crippen molar-refractivity contribution in [2.24, 2.45) is 11.7 Å². The molecule has 1 aliphatic carbocycles. The van der Waals surface area contributed by atoms with E-state index in [1.165, 1.54) is 23.6 Å². The summed E-state index contributed by atoms with van der Waals surface area (Å²) in [7, 11) is -1.70. The Balaban J connectivity index is 2.14. The van der Waals surface area contributed by atoms with Crippen LogP contribution in [-0.2, 0) is 16.6 Å². The first-order chi connectivity index (χ1) is 9.95. The second-order valence-electron chi connectivity index (χ2n) is 6.08. The largest absolute Gasteiger partial charge is 0.326 e. The summed E-state index contributed by atoms with van der Waals surface area (Å²) in [4.78, 5) is 0.371. The van der Waals surface area contributed by atoms with Gasteiger partial charge in [0.05, 0.1) is 4.90 Å². The minimum Gasteiger partial charge on any atom is -0.326 e. The Bertz CT molecular complexity index is 578. The van der Waals surface area contributed by atoms with Gasteiger partial charge in [0, 0.05) is 20.1 Å². The predicted octanol–water partition coefficient (Wildman–Crippen LogP) is 2.65. The van der Waals surface area contributed by atoms with Crippen LogP contribution in [0.15, 0.2) is 23.1 Å². The molecule has 1 saturated carbocycles. The summed E-state index contributed by atoms with van der Waals surface area (Å²) in [5.74, 6) is 0.503. The van der Waals surface area contributed by atoms with Crippen molar-refractivity contribution >= 4 is 10.0 Å². The molecule has 118 valence electrons. The molecule has 1 aliphatic rings. The van der Waals surface area contributed by atoms with Crippen LogP contribution in [0.25, 0.3) is 0 Å². The first kappa shape index (κ1) is 16.5. The zero-order valence-corrected chi connectivity index (χ0v) is 13.8. The van der Waals surface area contributed by atoms with Crippen molar-refractivity contribution < 1.29 is 8.42 Å². The number of rotatable bonds is 5. The average Bonchev–Trinajstić information content (AvgIpc) is 2.48. The van der Waals surface area contributed by atoms with E-state index >= 15 is 0 Å². The molecule has 5 heteroatoms. The summed E-state index contributed by atoms with van der Waals surface area (Å²) in [6, 6.07) is 5.22. The monoisotopic (exact) mass is 310 g/mol. The molecule has 1 aromatic rings. The molecule has 2 rings (SSSR count). The maximum atomic E-state index is 12.7. The molecule has 4 nitrogen and oxygen atoms in total. The van der Waals surface area contributed by atoms with Crippen molar-refractivity contribution in [1.82, 2.24) is 4.31 Å². The summed E-state index contributed by atoms with van der Waals surface area (Å²) in [5.41, 5.74) is 7.56. The Morgan fingerprint density at radius 2 is 1.90 bits per heavy atom. The van der Waals surface area contributed by atoms with E-state index in [1.54, 1.807) is 19.2 Å². The summed E-state index contributed by atoms with van der Waals surface area (Å²) in [6.45, 7) is 2.96. The second-order valence-corrected chi connectivity index (χ2v) is 8.13. The van der Waals surface area contributed by atoms with Crippen LogP contribution in [0, 0.1) is 12.8 Å². The highest BCUT2D eigenvalue weighted by Gasteiger charge is 2.25. The lowest BCUT2D eigenvalue weighted by atomic mass is 9.89. The Morgan fingerprint density at radius 3 is 2.48 bits per heavy atom. The molecule has 0 spiro atoms. The average molecular weight is 310 g/mol. The summed E-state index contributed by atoms with van der Waals surface area (Å²) >= 11 is 0. The van der Waals surface area contributed by atoms with Gasteiger partial charge in [0.2, 0.25) is 10.0 Å². The Morgan fingerprint density at radius 1 is 1.24 bits per heavy atom. The fourth-order valence-corrected chi connectivity index (χ4v) is 4.40. The van der Waals surface area contributed by atoms with Crippen LogP contribution >= 0.6 is 0 Å². The van der Waals surface area contributed by atoms with Crippen LogP contribution in [0.4, 0.5) is 0 Å². The van der Waals surface area contributed by atoms with E-state index in [0.29, 0.717) is 23.9 Å². The third-order valence-electron chi connectivity index (χ3n) is 4.48. The van der Waals surface area contributed by atoms with Gasteiger partial charge in [-0.1, -0.05) is 25.3 Å². The predicted molar refractivity (Wildman–Crippen MR) is 85.5 cm³/mol. The first-order valence-corrected chi connectivity index (χ1v) is 9.15. The molecule has 1 fully saturated rings. The molecule has 2 N–H and O–H groups in total. The van der Waals surface area contributed by atoms with E-state index in [1.807, 2.05) is 13.0 Å². The molecule has 0 saturated heterocycles. The topological polar surface area (TPSA) is 63.4 Å². The molecule has 0 unspecified atom stereocenters. The fourth-order valence-electron chi connectivity index (χ4n) is 3.07. The van der Waals surface area contributed by atoms with E-state index in [-0.39, 0.29) is 0 Å². The highest BCUT2D eigenvalue weighted by molar-refractivity contribution is 7.89. The molecule has 0 bridgehead atoms. The molecular formula is C16H26N2O2S. The van der Waals surface area contributed by atoms with Gasteiger partial charge in [-0.15, -0.1) is 0 Å². The molecule has 0 amide bonds. The van der Waals surface area contributed by atoms with Crippen molar-refractivity contribution in [3.63, 3.8) is 0 Å². The first-order valence-electron chi connectivity index (χ1n) is 7.71. The molecule has 21 heavy (non-hydrogen) atoms. The van der Waals surface area contributed by atoms with E-state index in [2.05, 4.69) is 0 Å². The molecule has 0 heterocycles. The third-order valence-corrected chi connectivity index (χ3v) is 6.30. The second kappa shape index (κ2) is 6.90. The molecule has 0 radical (unpaired) electrons. The van der Waals surface area contributed by atoms with Gasteiger partial charge in [-0.05, 0) is 48.9 Å². The normalized spacial score (nSPS) is 17.3. The summed E-state index contributed by atoms with van der Waals surface area (Å²) in [5, 5.41) is 0. The Kier molecular flexibility index (Phi) is 5.41. The van der Waals surface area contributed by atoms with Gasteiger partial charge in [0.15, 0.2) is 0 Å². The van der Waals surface area contributed by atoms with Crippen LogP contribution in [0.1, 0.15) is 43.2 Å². The Hall–Kier alpha value is -0.910. The lowest BCUT2D eigenvalue weighted by molar-refractivity contribution is 0.300. The fraction of sp³-hybridized carbons (Fsp3) is 0.625. The summed E-state index contributed by atoms with van der Waals surface area (Å²) in [6.07, 6.45) is 6.02. The molecule has 1 aromatic carbocycles. The minimum absolute atomic E-state index is 0.371. The third kappa shape index (κ3) is 3.84. The summed E-state index contributed by atoms with van der Waals surface area (Å²) < 4.78 is 26.8. The van der Waals surface area contributed by atoms with Crippen molar-refractivity contribution in [3.8, 4) is 0 Å². The van der Waals surface area contributed by atoms with Crippen molar-refractivity contribution in [2.75, 3.05) is 13.6 Å². The lowest BCUT2D eigenvalue weighted by Crippen LogP contribution is -2.32. The van der Waals surface area contributed by atoms with Crippen LogP contribution in [0.5, 0.6) is 0 Å². The zero-order valence-electron chi connectivity index (χ0n) is 13.0. The van der Waals surface area contributed by atoms with Crippen LogP contribution in [0.3, 0.4) is 0 Å². The highest BCUT2D eigenvalue weighted by atomic mass is 32.2. The number of benzene rings is 1. The maximum absolute atomic E-state index is 12.7. The molecular weight excluding hydrogens is 284 g/mol. The molecule has 0 atom stereocenters. The van der Waals surface area contributed by atoms with E-state index in [4.69, 9.17) is 5.73 Å². The lowest BCUT2D eigenvalue weighted by Gasteiger charge is -2.26. The Labute approximate surface area is 128 Å². The number of hydrogen-bond donors (Lipinski definition) is 1. The van der Waals surface area contributed by atoms with Gasteiger partial charge in [0.25, 0.3) is 0 Å². The van der Waals surface area contributed by atoms with Gasteiger partial charge >= 0.3 is 0 Å². The van der Waals surface area contributed by atoms with Gasteiger partial charge in [-0.2, -0.15) is 0 Å². The van der Waals surface area contributed by atoms with Gasteiger partial charge in [-0.3, -0.25) is 0 Å². The minimum atomic E-state index is -3.39. The smallest absolute Gasteiger partial charge is 0.242 e. The number of nitrogens with two attached hydrogens (primary N) is 1. The maximum Gasteiger partial charge on any atom is 0.242 e. The standard InChI is InChI=1S/C16H26N2O2S/c1-13-10-16(9-8-15(13)11-17)21(19,20)18(2)12-14-6-4-3-5-7-14/h8-10,14H,3-7,11-12,17H2,1-2H3. The number of sulfonamides is 1. The van der Waals surface area contributed by atoms with E-state index in [9.17, 15) is 8.42 Å². The van der Waals surface area contributed by atoms with Gasteiger partial charge < -0.3 is 5.73 Å². The number of aryl methyl sites for hydroxylation is 1. The zero-order chi connectivity index (χ0) is 15.5. The van der Waals surface area contributed by atoms with Crippen molar-refractivity contribution in [3.05, 3.63) is 29.3 Å². The number of hydrogen-bond acceptors (Lipinski definition) is 3. The van der Waals surface area contributed by atoms with Crippen molar-refractivity contribution in [2.45, 2.75) is 50.5 Å². The van der Waals surface area contributed by atoms with Crippen LogP contribution in [0.2, 0.25) is 0 Å². The highest BCUT2D eigenvalue weighted by Crippen LogP contribution is 2.26. The van der Waals surface area contributed by atoms with E-state index < -0.39 is 10.0 Å². The molecule has 0 aliphatic heterocycles. The van der Waals surface area contributed by atoms with Gasteiger partial charge in [0.1, 0.15) is 0 Å². The van der Waals surface area contributed by atoms with Crippen molar-refractivity contribution in [1.29, 1.82) is 0 Å². The quantitative estimate of drug-likeness (QED) is 0.909. The van der Waals surface area contributed by atoms with Gasteiger partial charge in [-0.25, -0.2) is 12.7 Å². The molecule has 0 aromatic heterocycles. The number of nitrogens with zero attached hydrogens (tertiary/aromatic N) is 1. The van der Waals surface area contributed by atoms with Crippen LogP contribution < -0.4 is 5.73 Å².